The predicted octanol–water partition coefficient (Wildman–Crippen LogP) is 5.36. The van der Waals surface area contributed by atoms with Gasteiger partial charge >= 0.3 is 0 Å². The zero-order valence-corrected chi connectivity index (χ0v) is 19.3. The molecular formula is C24H21ClN4O3S. The second-order valence-electron chi connectivity index (χ2n) is 6.96. The molecule has 0 aliphatic heterocycles. The molecule has 0 atom stereocenters. The van der Waals surface area contributed by atoms with E-state index >= 15 is 0 Å². The molecule has 168 valence electrons. The molecule has 0 saturated carbocycles. The van der Waals surface area contributed by atoms with E-state index in [0.29, 0.717) is 38.8 Å². The highest BCUT2D eigenvalue weighted by Gasteiger charge is 2.20. The van der Waals surface area contributed by atoms with Crippen LogP contribution in [0, 0.1) is 0 Å². The van der Waals surface area contributed by atoms with Crippen LogP contribution in [0.4, 0.5) is 0 Å². The number of halogens is 1. The molecule has 0 fully saturated rings. The van der Waals surface area contributed by atoms with Gasteiger partial charge in [0.1, 0.15) is 17.2 Å². The summed E-state index contributed by atoms with van der Waals surface area (Å²) in [6, 6.07) is 22.5. The molecule has 0 bridgehead atoms. The van der Waals surface area contributed by atoms with Crippen molar-refractivity contribution in [3.05, 3.63) is 77.8 Å². The molecule has 0 radical (unpaired) electrons. The fourth-order valence-corrected chi connectivity index (χ4v) is 4.23. The molecule has 0 saturated heterocycles. The minimum absolute atomic E-state index is 0.233. The fourth-order valence-electron chi connectivity index (χ4n) is 3.16. The largest absolute Gasteiger partial charge is 0.496 e. The average molecular weight is 481 g/mol. The van der Waals surface area contributed by atoms with Crippen LogP contribution in [0.2, 0.25) is 5.02 Å². The quantitative estimate of drug-likeness (QED) is 0.324. The summed E-state index contributed by atoms with van der Waals surface area (Å²) in [5.74, 6) is 2.74. The van der Waals surface area contributed by atoms with Crippen molar-refractivity contribution in [1.82, 2.24) is 14.8 Å². The van der Waals surface area contributed by atoms with Gasteiger partial charge in [0.25, 0.3) is 0 Å². The van der Waals surface area contributed by atoms with E-state index in [0.717, 1.165) is 11.4 Å². The number of aromatic nitrogens is 3. The zero-order valence-electron chi connectivity index (χ0n) is 17.8. The van der Waals surface area contributed by atoms with E-state index in [2.05, 4.69) is 10.2 Å². The van der Waals surface area contributed by atoms with Crippen LogP contribution in [-0.4, -0.2) is 33.5 Å². The first kappa shape index (κ1) is 22.7. The Morgan fingerprint density at radius 1 is 1.03 bits per heavy atom. The lowest BCUT2D eigenvalue weighted by Crippen LogP contribution is -2.11. The normalized spacial score (nSPS) is 10.7. The molecule has 0 aliphatic rings. The van der Waals surface area contributed by atoms with Gasteiger partial charge in [-0.3, -0.25) is 9.36 Å². The fraction of sp³-hybridized carbons (Fsp3) is 0.125. The van der Waals surface area contributed by atoms with Crippen LogP contribution in [-0.2, 0) is 4.79 Å². The van der Waals surface area contributed by atoms with Gasteiger partial charge in [-0.05, 0) is 54.6 Å². The maximum atomic E-state index is 11.2. The van der Waals surface area contributed by atoms with Crippen molar-refractivity contribution in [2.45, 2.75) is 11.6 Å². The number of benzene rings is 3. The third kappa shape index (κ3) is 5.47. The first-order chi connectivity index (χ1) is 16.0. The van der Waals surface area contributed by atoms with Crippen LogP contribution >= 0.6 is 23.4 Å². The number of methoxy groups -OCH3 is 1. The Bertz CT molecular complexity index is 1250. The molecule has 4 aromatic rings. The molecule has 4 rings (SSSR count). The molecule has 1 aromatic heterocycles. The molecule has 9 heteroatoms. The minimum atomic E-state index is -0.368. The Kier molecular flexibility index (Phi) is 7.16. The van der Waals surface area contributed by atoms with E-state index in [1.165, 1.54) is 11.8 Å². The van der Waals surface area contributed by atoms with Gasteiger partial charge < -0.3 is 15.2 Å². The van der Waals surface area contributed by atoms with Gasteiger partial charge in [-0.1, -0.05) is 41.6 Å². The Balaban J connectivity index is 1.72. The Hall–Kier alpha value is -3.49. The molecule has 1 heterocycles. The van der Waals surface area contributed by atoms with Crippen molar-refractivity contribution in [2.75, 3.05) is 12.9 Å². The molecule has 1 amide bonds. The summed E-state index contributed by atoms with van der Waals surface area (Å²) in [7, 11) is 1.59. The molecule has 3 aromatic carbocycles. The van der Waals surface area contributed by atoms with Crippen LogP contribution in [0.3, 0.4) is 0 Å². The number of ether oxygens (including phenoxy) is 2. The van der Waals surface area contributed by atoms with Crippen molar-refractivity contribution < 1.29 is 14.3 Å². The maximum Gasteiger partial charge on any atom is 0.218 e. The lowest BCUT2D eigenvalue weighted by molar-refractivity contribution is -0.117. The number of thioether (sulfide) groups is 1. The maximum absolute atomic E-state index is 11.2. The van der Waals surface area contributed by atoms with Crippen molar-refractivity contribution in [3.8, 4) is 34.3 Å². The van der Waals surface area contributed by atoms with Gasteiger partial charge in [0.15, 0.2) is 11.0 Å². The smallest absolute Gasteiger partial charge is 0.218 e. The highest BCUT2D eigenvalue weighted by Crippen LogP contribution is 2.35. The van der Waals surface area contributed by atoms with Gasteiger partial charge in [-0.15, -0.1) is 10.2 Å². The Labute approximate surface area is 200 Å². The summed E-state index contributed by atoms with van der Waals surface area (Å²) in [6.45, 7) is 0. The van der Waals surface area contributed by atoms with Gasteiger partial charge in [0.05, 0.1) is 18.4 Å². The van der Waals surface area contributed by atoms with Crippen molar-refractivity contribution in [1.29, 1.82) is 0 Å². The van der Waals surface area contributed by atoms with E-state index in [-0.39, 0.29) is 12.3 Å². The molecule has 7 nitrogen and oxygen atoms in total. The predicted molar refractivity (Wildman–Crippen MR) is 129 cm³/mol. The number of nitrogens with two attached hydrogens (primary N) is 1. The number of nitrogens with zero attached hydrogens (tertiary/aromatic N) is 3. The molecular weight excluding hydrogens is 460 g/mol. The number of amides is 1. The van der Waals surface area contributed by atoms with Gasteiger partial charge in [0.2, 0.25) is 5.91 Å². The third-order valence-electron chi connectivity index (χ3n) is 4.69. The van der Waals surface area contributed by atoms with Crippen LogP contribution < -0.4 is 15.2 Å². The molecule has 0 aliphatic carbocycles. The summed E-state index contributed by atoms with van der Waals surface area (Å²) in [4.78, 5) is 11.2. The van der Waals surface area contributed by atoms with Crippen molar-refractivity contribution in [2.24, 2.45) is 5.73 Å². The van der Waals surface area contributed by atoms with Crippen LogP contribution in [0.15, 0.2) is 78.0 Å². The topological polar surface area (TPSA) is 92.3 Å². The summed E-state index contributed by atoms with van der Waals surface area (Å²) < 4.78 is 13.3. The zero-order chi connectivity index (χ0) is 23.2. The van der Waals surface area contributed by atoms with Crippen molar-refractivity contribution in [3.63, 3.8) is 0 Å². The van der Waals surface area contributed by atoms with E-state index in [1.54, 1.807) is 25.3 Å². The number of carbonyl (C=O) groups is 1. The number of hydrogen-bond acceptors (Lipinski definition) is 6. The van der Waals surface area contributed by atoms with Gasteiger partial charge in [-0.25, -0.2) is 0 Å². The summed E-state index contributed by atoms with van der Waals surface area (Å²) in [5.41, 5.74) is 6.81. The highest BCUT2D eigenvalue weighted by molar-refractivity contribution is 7.99. The molecule has 33 heavy (non-hydrogen) atoms. The van der Waals surface area contributed by atoms with E-state index < -0.39 is 0 Å². The molecule has 0 unspecified atom stereocenters. The standard InChI is InChI=1S/C24H21ClN4O3S/c1-31-21-12-7-16(25)15-20(21)23-27-28-24(33-14-13-22(26)30)29(23)17-8-10-19(11-9-17)32-18-5-3-2-4-6-18/h2-12,15H,13-14H2,1H3,(H2,26,30). The van der Waals surface area contributed by atoms with Crippen LogP contribution in [0.1, 0.15) is 6.42 Å². The summed E-state index contributed by atoms with van der Waals surface area (Å²) in [5, 5.41) is 9.93. The van der Waals surface area contributed by atoms with Crippen LogP contribution in [0.25, 0.3) is 17.1 Å². The second-order valence-corrected chi connectivity index (χ2v) is 8.46. The van der Waals surface area contributed by atoms with Crippen LogP contribution in [0.5, 0.6) is 17.2 Å². The number of carbonyl (C=O) groups excluding carboxylic acids is 1. The third-order valence-corrected chi connectivity index (χ3v) is 5.86. The summed E-state index contributed by atoms with van der Waals surface area (Å²) in [6.07, 6.45) is 0.233. The van der Waals surface area contributed by atoms with Gasteiger partial charge in [-0.2, -0.15) is 0 Å². The Morgan fingerprint density at radius 3 is 2.45 bits per heavy atom. The van der Waals surface area contributed by atoms with Crippen molar-refractivity contribution >= 4 is 29.3 Å². The van der Waals surface area contributed by atoms with E-state index in [9.17, 15) is 4.79 Å². The second kappa shape index (κ2) is 10.4. The average Bonchev–Trinajstić information content (AvgIpc) is 3.23. The Morgan fingerprint density at radius 2 is 1.76 bits per heavy atom. The lowest BCUT2D eigenvalue weighted by Gasteiger charge is -2.13. The first-order valence-corrected chi connectivity index (χ1v) is 11.5. The number of primary amides is 1. The first-order valence-electron chi connectivity index (χ1n) is 10.1. The lowest BCUT2D eigenvalue weighted by atomic mass is 10.2. The molecule has 2 N–H and O–H groups in total. The van der Waals surface area contributed by atoms with Gasteiger partial charge in [0, 0.05) is 17.2 Å². The number of hydrogen-bond donors (Lipinski definition) is 1. The highest BCUT2D eigenvalue weighted by atomic mass is 35.5. The monoisotopic (exact) mass is 480 g/mol. The van der Waals surface area contributed by atoms with E-state index in [1.807, 2.05) is 59.2 Å². The SMILES string of the molecule is COc1ccc(Cl)cc1-c1nnc(SCCC(N)=O)n1-c1ccc(Oc2ccccc2)cc1. The molecule has 0 spiro atoms. The van der Waals surface area contributed by atoms with E-state index in [4.69, 9.17) is 26.8 Å². The minimum Gasteiger partial charge on any atom is -0.496 e. The number of para-hydroxylation sites is 1. The summed E-state index contributed by atoms with van der Waals surface area (Å²) >= 11 is 7.65. The number of rotatable bonds is 9.